The third kappa shape index (κ3) is 9.46. The molecule has 5 aromatic rings. The van der Waals surface area contributed by atoms with Crippen molar-refractivity contribution < 1.29 is 71.8 Å². The van der Waals surface area contributed by atoms with Gasteiger partial charge in [-0.3, -0.25) is 28.9 Å². The van der Waals surface area contributed by atoms with Crippen LogP contribution in [0.25, 0.3) is 0 Å². The van der Waals surface area contributed by atoms with Gasteiger partial charge in [-0.05, 0) is 82.3 Å². The number of carbonyl (C=O) groups excluding carboxylic acids is 6. The van der Waals surface area contributed by atoms with E-state index < -0.39 is 77.3 Å². The molecular formula is C58H57N3O15. The number of fused-ring (bicyclic) bond motifs is 4. The van der Waals surface area contributed by atoms with Gasteiger partial charge in [0.2, 0.25) is 11.8 Å². The zero-order valence-electron chi connectivity index (χ0n) is 42.6. The lowest BCUT2D eigenvalue weighted by atomic mass is 9.64. The second-order valence-corrected chi connectivity index (χ2v) is 18.5. The Kier molecular flexibility index (Phi) is 15.7. The highest BCUT2D eigenvalue weighted by Gasteiger charge is 2.76. The van der Waals surface area contributed by atoms with Gasteiger partial charge in [-0.25, -0.2) is 9.69 Å². The number of esters is 3. The van der Waals surface area contributed by atoms with Gasteiger partial charge < -0.3 is 47.9 Å². The number of benzene rings is 5. The summed E-state index contributed by atoms with van der Waals surface area (Å²) < 4.78 is 44.7. The molecule has 18 heteroatoms. The lowest BCUT2D eigenvalue weighted by Gasteiger charge is -2.46. The lowest BCUT2D eigenvalue weighted by Crippen LogP contribution is -2.57. The first-order valence-corrected chi connectivity index (χ1v) is 24.7. The Morgan fingerprint density at radius 3 is 2.08 bits per heavy atom. The first-order chi connectivity index (χ1) is 36.9. The molecule has 0 radical (unpaired) electrons. The van der Waals surface area contributed by atoms with Crippen LogP contribution in [0.2, 0.25) is 0 Å². The molecular weight excluding hydrogens is 979 g/mol. The number of methoxy groups -OCH3 is 5. The molecule has 5 aromatic carbocycles. The van der Waals surface area contributed by atoms with Gasteiger partial charge >= 0.3 is 24.0 Å². The van der Waals surface area contributed by atoms with E-state index in [0.29, 0.717) is 40.4 Å². The van der Waals surface area contributed by atoms with Crippen molar-refractivity contribution in [2.24, 2.45) is 11.8 Å². The molecule has 0 aromatic heterocycles. The third-order valence-corrected chi connectivity index (χ3v) is 14.5. The van der Waals surface area contributed by atoms with Crippen molar-refractivity contribution >= 4 is 41.5 Å². The maximum Gasteiger partial charge on any atom is 0.421 e. The maximum absolute atomic E-state index is 16.7. The molecule has 2 saturated heterocycles. The van der Waals surface area contributed by atoms with Crippen LogP contribution >= 0.6 is 0 Å². The standard InChI is InChI=1S/C58H57N3O15/c1-69-28-29-75-57(68)60-44-23-22-35(14-12-21-42(53(64)72-4)54(65)73-5)30-43(44)58(56(60)67)47(52(63)59-25-24-38-32-45(70-2)46(71-3)33-40(38)34-59)49-55(66)76-50(37-17-10-7-11-18-37)48(36-15-8-6-9-16-36)61(49)51(58)39-19-13-20-41(31-39)74-27-26-62/h6-11,13,15-20,22-23,30-33,42,47-51,62H,21,24-29,34H2,1-5H3/t47-,48-,49-,50+,51+,58-/m0/s1. The summed E-state index contributed by atoms with van der Waals surface area (Å²) in [7, 11) is 6.78. The summed E-state index contributed by atoms with van der Waals surface area (Å²) in [5, 5.41) is 9.90. The quantitative estimate of drug-likeness (QED) is 0.0432. The van der Waals surface area contributed by atoms with Gasteiger partial charge in [0.1, 0.15) is 36.5 Å². The summed E-state index contributed by atoms with van der Waals surface area (Å²) >= 11 is 0. The predicted octanol–water partition coefficient (Wildman–Crippen LogP) is 5.81. The number of aliphatic hydroxyl groups is 1. The second kappa shape index (κ2) is 22.7. The van der Waals surface area contributed by atoms with E-state index in [1.165, 1.54) is 20.3 Å². The van der Waals surface area contributed by atoms with Crippen molar-refractivity contribution in [1.82, 2.24) is 9.80 Å². The largest absolute Gasteiger partial charge is 0.493 e. The molecule has 394 valence electrons. The van der Waals surface area contributed by atoms with Gasteiger partial charge in [0, 0.05) is 32.2 Å². The number of hydrogen-bond donors (Lipinski definition) is 1. The van der Waals surface area contributed by atoms with Crippen molar-refractivity contribution in [3.8, 4) is 29.1 Å². The van der Waals surface area contributed by atoms with Crippen molar-refractivity contribution in [3.63, 3.8) is 0 Å². The van der Waals surface area contributed by atoms with Gasteiger partial charge in [0.05, 0.1) is 65.3 Å². The number of rotatable bonds is 15. The summed E-state index contributed by atoms with van der Waals surface area (Å²) in [5.74, 6) is 0.233. The Bertz CT molecular complexity index is 3070. The summed E-state index contributed by atoms with van der Waals surface area (Å²) in [6.45, 7) is -0.416. The minimum atomic E-state index is -2.19. The first kappa shape index (κ1) is 52.6. The number of nitrogens with zero attached hydrogens (tertiary/aromatic N) is 3. The van der Waals surface area contributed by atoms with Crippen LogP contribution in [0.3, 0.4) is 0 Å². The monoisotopic (exact) mass is 1040 g/mol. The van der Waals surface area contributed by atoms with Crippen molar-refractivity contribution in [3.05, 3.63) is 154 Å². The van der Waals surface area contributed by atoms with Crippen LogP contribution in [0.5, 0.6) is 17.2 Å². The van der Waals surface area contributed by atoms with Crippen LogP contribution in [0.15, 0.2) is 115 Å². The van der Waals surface area contributed by atoms with E-state index in [9.17, 15) is 19.5 Å². The topological polar surface area (TPSA) is 206 Å². The van der Waals surface area contributed by atoms with Crippen LogP contribution in [-0.4, -0.2) is 125 Å². The maximum atomic E-state index is 16.7. The summed E-state index contributed by atoms with van der Waals surface area (Å²) in [6, 6.07) is 30.1. The van der Waals surface area contributed by atoms with E-state index >= 15 is 14.4 Å². The summed E-state index contributed by atoms with van der Waals surface area (Å²) in [4.78, 5) is 93.6. The average molecular weight is 1040 g/mol. The Hall–Kier alpha value is -8.24. The average Bonchev–Trinajstić information content (AvgIpc) is 3.94. The minimum absolute atomic E-state index is 0.00275. The van der Waals surface area contributed by atoms with E-state index in [1.54, 1.807) is 54.5 Å². The normalized spacial score (nSPS) is 21.4. The van der Waals surface area contributed by atoms with E-state index in [1.807, 2.05) is 71.6 Å². The molecule has 4 aliphatic rings. The van der Waals surface area contributed by atoms with E-state index in [2.05, 4.69) is 11.8 Å². The molecule has 1 N–H and O–H groups in total. The lowest BCUT2D eigenvalue weighted by molar-refractivity contribution is -0.179. The summed E-state index contributed by atoms with van der Waals surface area (Å²) in [6.07, 6.45) is -2.00. The number of amides is 3. The summed E-state index contributed by atoms with van der Waals surface area (Å²) in [5.41, 5.74) is 1.69. The van der Waals surface area contributed by atoms with Crippen LogP contribution in [0.1, 0.15) is 63.6 Å². The Morgan fingerprint density at radius 1 is 0.750 bits per heavy atom. The highest BCUT2D eigenvalue weighted by atomic mass is 16.6. The zero-order chi connectivity index (χ0) is 53.7. The Labute approximate surface area is 439 Å². The molecule has 76 heavy (non-hydrogen) atoms. The molecule has 0 aliphatic carbocycles. The number of morpholine rings is 1. The van der Waals surface area contributed by atoms with Gasteiger partial charge in [-0.15, -0.1) is 0 Å². The Morgan fingerprint density at radius 2 is 1.42 bits per heavy atom. The van der Waals surface area contributed by atoms with Crippen molar-refractivity contribution in [1.29, 1.82) is 0 Å². The number of anilines is 1. The molecule has 18 nitrogen and oxygen atoms in total. The molecule has 0 saturated carbocycles. The SMILES string of the molecule is COCCOC(=O)N1C(=O)[C@@]2(c3cc(C#CCC(C(=O)OC)C(=O)OC)ccc31)[C@H](C(=O)N1CCc3cc(OC)c(OC)cc3C1)[C@H]1C(=O)O[C@H](c3ccccc3)[C@H](c3ccccc3)N1[C@@H]2c1cccc(OCCO)c1. The number of hydrogen-bond acceptors (Lipinski definition) is 16. The van der Waals surface area contributed by atoms with Gasteiger partial charge in [-0.2, -0.15) is 0 Å². The predicted molar refractivity (Wildman–Crippen MR) is 272 cm³/mol. The van der Waals surface area contributed by atoms with Crippen LogP contribution in [0.4, 0.5) is 10.5 Å². The van der Waals surface area contributed by atoms with Crippen LogP contribution in [0, 0.1) is 23.7 Å². The molecule has 4 heterocycles. The number of aliphatic hydroxyl groups excluding tert-OH is 1. The van der Waals surface area contributed by atoms with E-state index in [-0.39, 0.29) is 62.8 Å². The zero-order valence-corrected chi connectivity index (χ0v) is 42.6. The molecule has 2 fully saturated rings. The fraction of sp³-hybridized carbons (Fsp3) is 0.345. The molecule has 0 unspecified atom stereocenters. The number of imide groups is 1. The second-order valence-electron chi connectivity index (χ2n) is 18.5. The molecule has 6 atom stereocenters. The van der Waals surface area contributed by atoms with Gasteiger partial charge in [-0.1, -0.05) is 84.6 Å². The number of carbonyl (C=O) groups is 6. The highest BCUT2D eigenvalue weighted by Crippen LogP contribution is 2.66. The fourth-order valence-electron chi connectivity index (χ4n) is 11.2. The van der Waals surface area contributed by atoms with E-state index in [0.717, 1.165) is 30.2 Å². The third-order valence-electron chi connectivity index (χ3n) is 14.5. The van der Waals surface area contributed by atoms with Gasteiger partial charge in [0.15, 0.2) is 17.4 Å². The van der Waals surface area contributed by atoms with E-state index in [4.69, 9.17) is 37.9 Å². The van der Waals surface area contributed by atoms with Crippen LogP contribution < -0.4 is 19.1 Å². The molecule has 9 rings (SSSR count). The molecule has 3 amide bonds. The van der Waals surface area contributed by atoms with Crippen molar-refractivity contribution in [2.45, 2.75) is 49.0 Å². The van der Waals surface area contributed by atoms with Gasteiger partial charge in [0.25, 0.3) is 0 Å². The molecule has 1 spiro atoms. The first-order valence-electron chi connectivity index (χ1n) is 24.7. The highest BCUT2D eigenvalue weighted by molar-refractivity contribution is 6.23. The molecule has 0 bridgehead atoms. The minimum Gasteiger partial charge on any atom is -0.493 e. The van der Waals surface area contributed by atoms with Crippen molar-refractivity contribution in [2.75, 3.05) is 73.4 Å². The number of ether oxygens (including phenoxy) is 8. The number of cyclic esters (lactones) is 1. The fourth-order valence-corrected chi connectivity index (χ4v) is 11.2. The smallest absolute Gasteiger partial charge is 0.421 e. The molecule has 4 aliphatic heterocycles. The van der Waals surface area contributed by atoms with Crippen LogP contribution in [-0.2, 0) is 66.0 Å². The Balaban J connectivity index is 1.35.